The number of hydrogen-bond donors (Lipinski definition) is 3. The van der Waals surface area contributed by atoms with Gasteiger partial charge in [-0.25, -0.2) is 9.18 Å². The highest BCUT2D eigenvalue weighted by atomic mass is 19.1. The van der Waals surface area contributed by atoms with E-state index < -0.39 is 12.1 Å². The summed E-state index contributed by atoms with van der Waals surface area (Å²) in [5.41, 5.74) is 0.485. The number of aliphatic carboxylic acids is 1. The first-order valence-corrected chi connectivity index (χ1v) is 10.9. The van der Waals surface area contributed by atoms with Crippen LogP contribution in [0.15, 0.2) is 24.3 Å². The average Bonchev–Trinajstić information content (AvgIpc) is 2.78. The van der Waals surface area contributed by atoms with Gasteiger partial charge in [-0.3, -0.25) is 9.59 Å². The fourth-order valence-electron chi connectivity index (χ4n) is 3.92. The molecule has 1 aromatic carbocycles. The molecule has 3 amide bonds. The van der Waals surface area contributed by atoms with Crippen molar-refractivity contribution in [1.82, 2.24) is 15.5 Å². The van der Waals surface area contributed by atoms with Crippen molar-refractivity contribution in [1.29, 1.82) is 0 Å². The Balaban J connectivity index is 1.34. The SMILES string of the molecule is O=C(NCCNC(=O)N1CCC(F)CC1)c1ccc(O[C@H]2CC[C@@H](C(=O)O)CC2)cc1. The number of carbonyl (C=O) groups excluding carboxylic acids is 2. The van der Waals surface area contributed by atoms with Crippen LogP contribution in [-0.4, -0.2) is 66.4 Å². The Morgan fingerprint density at radius 3 is 2.19 bits per heavy atom. The summed E-state index contributed by atoms with van der Waals surface area (Å²) in [7, 11) is 0. The van der Waals surface area contributed by atoms with E-state index in [-0.39, 0.29) is 30.5 Å². The molecule has 2 fully saturated rings. The van der Waals surface area contributed by atoms with Gasteiger partial charge < -0.3 is 25.4 Å². The van der Waals surface area contributed by atoms with Crippen molar-refractivity contribution >= 4 is 17.9 Å². The topological polar surface area (TPSA) is 108 Å². The summed E-state index contributed by atoms with van der Waals surface area (Å²) in [6, 6.07) is 6.57. The zero-order valence-corrected chi connectivity index (χ0v) is 17.5. The molecule has 1 saturated heterocycles. The van der Waals surface area contributed by atoms with Crippen molar-refractivity contribution in [2.45, 2.75) is 50.8 Å². The predicted octanol–water partition coefficient (Wildman–Crippen LogP) is 2.58. The highest BCUT2D eigenvalue weighted by molar-refractivity contribution is 5.94. The normalized spacial score (nSPS) is 21.9. The minimum absolute atomic E-state index is 0.00502. The van der Waals surface area contributed by atoms with Crippen LogP contribution >= 0.6 is 0 Å². The highest BCUT2D eigenvalue weighted by Crippen LogP contribution is 2.28. The molecule has 1 saturated carbocycles. The molecular formula is C22H30FN3O5. The lowest BCUT2D eigenvalue weighted by Crippen LogP contribution is -2.46. The second-order valence-electron chi connectivity index (χ2n) is 8.10. The van der Waals surface area contributed by atoms with E-state index >= 15 is 0 Å². The number of rotatable bonds is 7. The lowest BCUT2D eigenvalue weighted by atomic mass is 9.87. The summed E-state index contributed by atoms with van der Waals surface area (Å²) in [4.78, 5) is 36.9. The fraction of sp³-hybridized carbons (Fsp3) is 0.591. The first-order chi connectivity index (χ1) is 14.9. The molecule has 0 spiro atoms. The van der Waals surface area contributed by atoms with Gasteiger partial charge in [-0.1, -0.05) is 0 Å². The fourth-order valence-corrected chi connectivity index (χ4v) is 3.92. The minimum Gasteiger partial charge on any atom is -0.490 e. The van der Waals surface area contributed by atoms with Gasteiger partial charge in [-0.15, -0.1) is 0 Å². The van der Waals surface area contributed by atoms with Crippen LogP contribution in [0.3, 0.4) is 0 Å². The molecule has 0 aromatic heterocycles. The summed E-state index contributed by atoms with van der Waals surface area (Å²) >= 11 is 0. The number of urea groups is 1. The van der Waals surface area contributed by atoms with E-state index in [4.69, 9.17) is 9.84 Å². The van der Waals surface area contributed by atoms with E-state index in [1.54, 1.807) is 29.2 Å². The Morgan fingerprint density at radius 1 is 0.968 bits per heavy atom. The maximum absolute atomic E-state index is 13.1. The van der Waals surface area contributed by atoms with Crippen LogP contribution in [0.25, 0.3) is 0 Å². The van der Waals surface area contributed by atoms with E-state index in [1.165, 1.54) is 0 Å². The number of ether oxygens (including phenoxy) is 1. The van der Waals surface area contributed by atoms with E-state index in [0.29, 0.717) is 69.5 Å². The van der Waals surface area contributed by atoms with Gasteiger partial charge in [0, 0.05) is 31.7 Å². The Bertz CT molecular complexity index is 757. The summed E-state index contributed by atoms with van der Waals surface area (Å²) < 4.78 is 19.0. The van der Waals surface area contributed by atoms with Gasteiger partial charge in [0.2, 0.25) is 0 Å². The minimum atomic E-state index is -0.827. The molecule has 0 unspecified atom stereocenters. The Labute approximate surface area is 181 Å². The van der Waals surface area contributed by atoms with Gasteiger partial charge in [0.05, 0.1) is 12.0 Å². The molecule has 1 aliphatic carbocycles. The monoisotopic (exact) mass is 435 g/mol. The van der Waals surface area contributed by atoms with Crippen LogP contribution in [0.1, 0.15) is 48.9 Å². The van der Waals surface area contributed by atoms with Crippen LogP contribution in [0.5, 0.6) is 5.75 Å². The molecule has 170 valence electrons. The van der Waals surface area contributed by atoms with Crippen LogP contribution in [0, 0.1) is 5.92 Å². The lowest BCUT2D eigenvalue weighted by Gasteiger charge is -2.28. The number of nitrogens with zero attached hydrogens (tertiary/aromatic N) is 1. The Hall–Kier alpha value is -2.84. The second kappa shape index (κ2) is 11.0. The summed E-state index contributed by atoms with van der Waals surface area (Å²) in [6.07, 6.45) is 2.55. The van der Waals surface area contributed by atoms with Gasteiger partial charge in [0.15, 0.2) is 0 Å². The van der Waals surface area contributed by atoms with Crippen molar-refractivity contribution in [3.05, 3.63) is 29.8 Å². The molecule has 9 heteroatoms. The van der Waals surface area contributed by atoms with Crippen molar-refractivity contribution < 1.29 is 28.6 Å². The van der Waals surface area contributed by atoms with E-state index in [0.717, 1.165) is 0 Å². The number of carbonyl (C=O) groups is 3. The van der Waals surface area contributed by atoms with E-state index in [9.17, 15) is 18.8 Å². The molecule has 8 nitrogen and oxygen atoms in total. The molecule has 0 radical (unpaired) electrons. The first-order valence-electron chi connectivity index (χ1n) is 10.9. The number of amides is 3. The molecular weight excluding hydrogens is 405 g/mol. The van der Waals surface area contributed by atoms with Gasteiger partial charge in [0.1, 0.15) is 11.9 Å². The van der Waals surface area contributed by atoms with Crippen molar-refractivity contribution in [3.8, 4) is 5.75 Å². The zero-order valence-electron chi connectivity index (χ0n) is 17.5. The Morgan fingerprint density at radius 2 is 1.58 bits per heavy atom. The van der Waals surface area contributed by atoms with Crippen LogP contribution in [-0.2, 0) is 4.79 Å². The molecule has 31 heavy (non-hydrogen) atoms. The van der Waals surface area contributed by atoms with Crippen LogP contribution < -0.4 is 15.4 Å². The number of carboxylic acids is 1. The van der Waals surface area contributed by atoms with Gasteiger partial charge in [-0.05, 0) is 62.8 Å². The van der Waals surface area contributed by atoms with Crippen molar-refractivity contribution in [2.75, 3.05) is 26.2 Å². The standard InChI is InChI=1S/C22H30FN3O5/c23-17-9-13-26(14-10-17)22(30)25-12-11-24-20(27)15-1-5-18(6-2-15)31-19-7-3-16(4-8-19)21(28)29/h1-2,5-6,16-17,19H,3-4,7-14H2,(H,24,27)(H,25,30)(H,28,29)/t16-,19+. The van der Waals surface area contributed by atoms with E-state index in [1.807, 2.05) is 0 Å². The number of piperidine rings is 1. The molecule has 1 heterocycles. The zero-order chi connectivity index (χ0) is 22.2. The predicted molar refractivity (Wildman–Crippen MR) is 112 cm³/mol. The van der Waals surface area contributed by atoms with Crippen molar-refractivity contribution in [2.24, 2.45) is 5.92 Å². The third kappa shape index (κ3) is 6.83. The molecule has 1 aliphatic heterocycles. The second-order valence-corrected chi connectivity index (χ2v) is 8.10. The number of hydrogen-bond acceptors (Lipinski definition) is 4. The molecule has 3 rings (SSSR count). The Kier molecular flexibility index (Phi) is 8.08. The van der Waals surface area contributed by atoms with Crippen LogP contribution in [0.2, 0.25) is 0 Å². The third-order valence-corrected chi connectivity index (χ3v) is 5.84. The summed E-state index contributed by atoms with van der Waals surface area (Å²) in [6.45, 7) is 1.40. The summed E-state index contributed by atoms with van der Waals surface area (Å²) in [5.74, 6) is -0.617. The smallest absolute Gasteiger partial charge is 0.317 e. The number of benzene rings is 1. The summed E-state index contributed by atoms with van der Waals surface area (Å²) in [5, 5.41) is 14.5. The van der Waals surface area contributed by atoms with Gasteiger partial charge in [-0.2, -0.15) is 0 Å². The van der Waals surface area contributed by atoms with E-state index in [2.05, 4.69) is 10.6 Å². The molecule has 0 bridgehead atoms. The largest absolute Gasteiger partial charge is 0.490 e. The molecule has 0 atom stereocenters. The number of nitrogens with one attached hydrogen (secondary N) is 2. The van der Waals surface area contributed by atoms with Gasteiger partial charge >= 0.3 is 12.0 Å². The number of alkyl halides is 1. The molecule has 2 aliphatic rings. The molecule has 3 N–H and O–H groups in total. The maximum Gasteiger partial charge on any atom is 0.317 e. The van der Waals surface area contributed by atoms with Crippen molar-refractivity contribution in [3.63, 3.8) is 0 Å². The van der Waals surface area contributed by atoms with Crippen LogP contribution in [0.4, 0.5) is 9.18 Å². The highest BCUT2D eigenvalue weighted by Gasteiger charge is 2.27. The first kappa shape index (κ1) is 22.8. The third-order valence-electron chi connectivity index (χ3n) is 5.84. The number of carboxylic acid groups (broad SMARTS) is 1. The number of halogens is 1. The number of likely N-dealkylation sites (tertiary alicyclic amines) is 1. The quantitative estimate of drug-likeness (QED) is 0.571. The lowest BCUT2D eigenvalue weighted by molar-refractivity contribution is -0.143. The molecule has 1 aromatic rings. The van der Waals surface area contributed by atoms with Gasteiger partial charge in [0.25, 0.3) is 5.91 Å². The average molecular weight is 435 g/mol. The maximum atomic E-state index is 13.1.